The van der Waals surface area contributed by atoms with Gasteiger partial charge in [-0.15, -0.1) is 6.58 Å². The third-order valence-electron chi connectivity index (χ3n) is 2.56. The zero-order valence-electron chi connectivity index (χ0n) is 8.86. The molecule has 3 nitrogen and oxygen atoms in total. The van der Waals surface area contributed by atoms with E-state index in [1.807, 2.05) is 19.1 Å². The molecule has 1 aromatic rings. The first-order chi connectivity index (χ1) is 7.20. The van der Waals surface area contributed by atoms with Gasteiger partial charge in [-0.05, 0) is 24.6 Å². The first-order valence-corrected chi connectivity index (χ1v) is 4.99. The summed E-state index contributed by atoms with van der Waals surface area (Å²) in [5.41, 5.74) is 1.89. The molecule has 0 aromatic heterocycles. The number of phenolic OH excluding ortho intramolecular Hbond substituents is 1. The molecule has 0 spiro atoms. The molecule has 1 heterocycles. The molecule has 1 N–H and O–H groups in total. The summed E-state index contributed by atoms with van der Waals surface area (Å²) in [6.45, 7) is 7.75. The van der Waals surface area contributed by atoms with Crippen LogP contribution in [0.2, 0.25) is 0 Å². The van der Waals surface area contributed by atoms with E-state index in [0.717, 1.165) is 30.0 Å². The summed E-state index contributed by atoms with van der Waals surface area (Å²) < 4.78 is 5.59. The van der Waals surface area contributed by atoms with Crippen LogP contribution in [-0.4, -0.2) is 23.3 Å². The highest BCUT2D eigenvalue weighted by molar-refractivity contribution is 5.45. The van der Waals surface area contributed by atoms with Crippen LogP contribution in [0.1, 0.15) is 11.1 Å². The molecule has 0 aliphatic carbocycles. The Hall–Kier alpha value is -1.48. The average Bonchev–Trinajstić information content (AvgIpc) is 2.21. The Bertz CT molecular complexity index is 387. The van der Waals surface area contributed by atoms with Gasteiger partial charge in [-0.1, -0.05) is 6.08 Å². The zero-order chi connectivity index (χ0) is 10.8. The molecule has 1 aliphatic heterocycles. The molecule has 0 radical (unpaired) electrons. The molecule has 0 bridgehead atoms. The van der Waals surface area contributed by atoms with Crippen molar-refractivity contribution in [3.05, 3.63) is 35.9 Å². The SMILES string of the molecule is C=CCN1COc2cc(C)c(O)cc2C1. The predicted molar refractivity (Wildman–Crippen MR) is 58.9 cm³/mol. The normalized spacial score (nSPS) is 15.5. The van der Waals surface area contributed by atoms with Crippen molar-refractivity contribution in [2.24, 2.45) is 0 Å². The maximum absolute atomic E-state index is 9.60. The van der Waals surface area contributed by atoms with Gasteiger partial charge in [0.2, 0.25) is 0 Å². The Kier molecular flexibility index (Phi) is 2.64. The van der Waals surface area contributed by atoms with E-state index in [1.165, 1.54) is 0 Å². The summed E-state index contributed by atoms with van der Waals surface area (Å²) in [6, 6.07) is 3.66. The Morgan fingerprint density at radius 2 is 2.40 bits per heavy atom. The Labute approximate surface area is 89.6 Å². The standard InChI is InChI=1S/C12H15NO2/c1-3-4-13-7-10-6-11(14)9(2)5-12(10)15-8-13/h3,5-6,14H,1,4,7-8H2,2H3. The second kappa shape index (κ2) is 3.95. The van der Waals surface area contributed by atoms with Crippen LogP contribution in [0, 0.1) is 6.92 Å². The zero-order valence-corrected chi connectivity index (χ0v) is 8.86. The summed E-state index contributed by atoms with van der Waals surface area (Å²) in [6.07, 6.45) is 1.85. The number of rotatable bonds is 2. The highest BCUT2D eigenvalue weighted by Gasteiger charge is 2.17. The quantitative estimate of drug-likeness (QED) is 0.750. The van der Waals surface area contributed by atoms with Gasteiger partial charge in [0, 0.05) is 18.7 Å². The third-order valence-corrected chi connectivity index (χ3v) is 2.56. The fourth-order valence-corrected chi connectivity index (χ4v) is 1.72. The summed E-state index contributed by atoms with van der Waals surface area (Å²) in [5.74, 6) is 1.21. The number of hydrogen-bond donors (Lipinski definition) is 1. The van der Waals surface area contributed by atoms with Crippen molar-refractivity contribution in [3.8, 4) is 11.5 Å². The summed E-state index contributed by atoms with van der Waals surface area (Å²) >= 11 is 0. The van der Waals surface area contributed by atoms with Gasteiger partial charge in [-0.25, -0.2) is 0 Å². The maximum atomic E-state index is 9.60. The molecule has 0 atom stereocenters. The van der Waals surface area contributed by atoms with E-state index in [0.29, 0.717) is 12.5 Å². The Morgan fingerprint density at radius 3 is 3.13 bits per heavy atom. The van der Waals surface area contributed by atoms with Crippen LogP contribution in [0.15, 0.2) is 24.8 Å². The number of ether oxygens (including phenoxy) is 1. The van der Waals surface area contributed by atoms with Gasteiger partial charge in [0.1, 0.15) is 18.2 Å². The monoisotopic (exact) mass is 205 g/mol. The van der Waals surface area contributed by atoms with Crippen molar-refractivity contribution >= 4 is 0 Å². The van der Waals surface area contributed by atoms with E-state index in [-0.39, 0.29) is 0 Å². The van der Waals surface area contributed by atoms with E-state index in [2.05, 4.69) is 11.5 Å². The van der Waals surface area contributed by atoms with Gasteiger partial charge >= 0.3 is 0 Å². The second-order valence-corrected chi connectivity index (χ2v) is 3.82. The minimum atomic E-state index is 0.331. The highest BCUT2D eigenvalue weighted by Crippen LogP contribution is 2.31. The lowest BCUT2D eigenvalue weighted by atomic mass is 10.1. The van der Waals surface area contributed by atoms with Crippen LogP contribution in [-0.2, 0) is 6.54 Å². The molecule has 3 heteroatoms. The minimum absolute atomic E-state index is 0.331. The van der Waals surface area contributed by atoms with Crippen LogP contribution in [0.25, 0.3) is 0 Å². The molecule has 0 amide bonds. The summed E-state index contributed by atoms with van der Waals surface area (Å²) in [5, 5.41) is 9.60. The minimum Gasteiger partial charge on any atom is -0.508 e. The first-order valence-electron chi connectivity index (χ1n) is 4.99. The Morgan fingerprint density at radius 1 is 1.60 bits per heavy atom. The van der Waals surface area contributed by atoms with Gasteiger partial charge in [-0.3, -0.25) is 4.90 Å². The number of nitrogens with zero attached hydrogens (tertiary/aromatic N) is 1. The van der Waals surface area contributed by atoms with Crippen molar-refractivity contribution < 1.29 is 9.84 Å². The molecule has 0 fully saturated rings. The number of aromatic hydroxyl groups is 1. The molecule has 0 saturated carbocycles. The lowest BCUT2D eigenvalue weighted by Crippen LogP contribution is -2.31. The fraction of sp³-hybridized carbons (Fsp3) is 0.333. The molecule has 15 heavy (non-hydrogen) atoms. The average molecular weight is 205 g/mol. The molecule has 0 unspecified atom stereocenters. The smallest absolute Gasteiger partial charge is 0.142 e. The third kappa shape index (κ3) is 1.97. The van der Waals surface area contributed by atoms with Gasteiger partial charge in [0.25, 0.3) is 0 Å². The van der Waals surface area contributed by atoms with Crippen LogP contribution in [0.5, 0.6) is 11.5 Å². The Balaban J connectivity index is 2.25. The summed E-state index contributed by atoms with van der Waals surface area (Å²) in [4.78, 5) is 2.12. The fourth-order valence-electron chi connectivity index (χ4n) is 1.72. The van der Waals surface area contributed by atoms with Gasteiger partial charge in [-0.2, -0.15) is 0 Å². The van der Waals surface area contributed by atoms with Crippen molar-refractivity contribution in [1.82, 2.24) is 4.90 Å². The molecule has 1 aliphatic rings. The van der Waals surface area contributed by atoms with E-state index in [1.54, 1.807) is 6.07 Å². The van der Waals surface area contributed by atoms with E-state index in [4.69, 9.17) is 4.74 Å². The van der Waals surface area contributed by atoms with Crippen LogP contribution in [0.4, 0.5) is 0 Å². The van der Waals surface area contributed by atoms with Crippen LogP contribution in [0.3, 0.4) is 0 Å². The van der Waals surface area contributed by atoms with Crippen molar-refractivity contribution in [1.29, 1.82) is 0 Å². The predicted octanol–water partition coefficient (Wildman–Crippen LogP) is 2.04. The highest BCUT2D eigenvalue weighted by atomic mass is 16.5. The van der Waals surface area contributed by atoms with Gasteiger partial charge in [0.15, 0.2) is 0 Å². The molecule has 1 aromatic carbocycles. The van der Waals surface area contributed by atoms with Crippen molar-refractivity contribution in [2.75, 3.05) is 13.3 Å². The van der Waals surface area contributed by atoms with Crippen molar-refractivity contribution in [3.63, 3.8) is 0 Å². The molecular formula is C12H15NO2. The second-order valence-electron chi connectivity index (χ2n) is 3.82. The van der Waals surface area contributed by atoms with Crippen molar-refractivity contribution in [2.45, 2.75) is 13.5 Å². The first kappa shape index (κ1) is 10.1. The number of benzene rings is 1. The molecule has 2 rings (SSSR count). The maximum Gasteiger partial charge on any atom is 0.142 e. The number of aryl methyl sites for hydroxylation is 1. The topological polar surface area (TPSA) is 32.7 Å². The van der Waals surface area contributed by atoms with Crippen LogP contribution >= 0.6 is 0 Å². The van der Waals surface area contributed by atoms with Gasteiger partial charge < -0.3 is 9.84 Å². The van der Waals surface area contributed by atoms with Gasteiger partial charge in [0.05, 0.1) is 0 Å². The number of fused-ring (bicyclic) bond motifs is 1. The van der Waals surface area contributed by atoms with Crippen LogP contribution < -0.4 is 4.74 Å². The van der Waals surface area contributed by atoms with E-state index in [9.17, 15) is 5.11 Å². The van der Waals surface area contributed by atoms with E-state index >= 15 is 0 Å². The lowest BCUT2D eigenvalue weighted by Gasteiger charge is -2.28. The lowest BCUT2D eigenvalue weighted by molar-refractivity contribution is 0.107. The number of phenols is 1. The van der Waals surface area contributed by atoms with E-state index < -0.39 is 0 Å². The summed E-state index contributed by atoms with van der Waals surface area (Å²) in [7, 11) is 0. The number of hydrogen-bond acceptors (Lipinski definition) is 3. The largest absolute Gasteiger partial charge is 0.508 e. The molecule has 0 saturated heterocycles. The molecular weight excluding hydrogens is 190 g/mol. The molecule has 80 valence electrons.